The molecule has 0 saturated carbocycles. The van der Waals surface area contributed by atoms with E-state index in [0.29, 0.717) is 11.1 Å². The predicted molar refractivity (Wildman–Crippen MR) is 71.3 cm³/mol. The normalized spacial score (nSPS) is 13.9. The topological polar surface area (TPSA) is 37.4 Å². The Labute approximate surface area is 112 Å². The van der Waals surface area contributed by atoms with Crippen LogP contribution in [0.5, 0.6) is 0 Å². The Balaban J connectivity index is 2.14. The van der Waals surface area contributed by atoms with Crippen LogP contribution in [0.2, 0.25) is 0 Å². The maximum atomic E-state index is 11.8. The summed E-state index contributed by atoms with van der Waals surface area (Å²) in [5.41, 5.74) is 2.83. The lowest BCUT2D eigenvalue weighted by atomic mass is 10.0. The molecule has 0 aromatic heterocycles. The van der Waals surface area contributed by atoms with Crippen LogP contribution in [0.4, 0.5) is 0 Å². The van der Waals surface area contributed by atoms with E-state index in [4.69, 9.17) is 0 Å². The second-order valence-electron chi connectivity index (χ2n) is 4.02. The van der Waals surface area contributed by atoms with Crippen LogP contribution in [0.25, 0.3) is 11.1 Å². The molecule has 88 valence electrons. The van der Waals surface area contributed by atoms with Gasteiger partial charge in [-0.25, -0.2) is 3.93 Å². The molecule has 1 heterocycles. The van der Waals surface area contributed by atoms with E-state index < -0.39 is 0 Å². The molecule has 2 amide bonds. The molecule has 2 aromatic carbocycles. The van der Waals surface area contributed by atoms with Crippen molar-refractivity contribution in [2.75, 3.05) is 0 Å². The number of benzene rings is 2. The molecule has 2 aromatic rings. The van der Waals surface area contributed by atoms with Crippen molar-refractivity contribution in [2.24, 2.45) is 0 Å². The largest absolute Gasteiger partial charge is 0.271 e. The number of rotatable bonds is 1. The summed E-state index contributed by atoms with van der Waals surface area (Å²) in [7, 11) is 0. The Kier molecular flexibility index (Phi) is 2.52. The Bertz CT molecular complexity index is 652. The van der Waals surface area contributed by atoms with E-state index in [9.17, 15) is 9.59 Å². The zero-order valence-corrected chi connectivity index (χ0v) is 10.8. The molecule has 0 radical (unpaired) electrons. The number of hydrogen-bond acceptors (Lipinski definition) is 2. The molecule has 3 rings (SSSR count). The van der Waals surface area contributed by atoms with Gasteiger partial charge in [-0.15, -0.1) is 0 Å². The number of halogens is 1. The summed E-state index contributed by atoms with van der Waals surface area (Å²) in [6.07, 6.45) is 0. The van der Waals surface area contributed by atoms with Crippen LogP contribution in [-0.2, 0) is 0 Å². The molecule has 1 aliphatic heterocycles. The third-order valence-corrected chi connectivity index (χ3v) is 3.59. The fourth-order valence-corrected chi connectivity index (χ4v) is 2.40. The molecule has 0 unspecified atom stereocenters. The summed E-state index contributed by atoms with van der Waals surface area (Å²) < 4.78 is 0.965. The first-order valence-electron chi connectivity index (χ1n) is 5.42. The minimum absolute atomic E-state index is 0.311. The predicted octanol–water partition coefficient (Wildman–Crippen LogP) is 3.26. The number of fused-ring (bicyclic) bond motifs is 1. The van der Waals surface area contributed by atoms with Gasteiger partial charge < -0.3 is 0 Å². The monoisotopic (exact) mass is 301 g/mol. The summed E-state index contributed by atoms with van der Waals surface area (Å²) in [6, 6.07) is 15.0. The molecule has 0 spiro atoms. The van der Waals surface area contributed by atoms with E-state index in [-0.39, 0.29) is 11.8 Å². The molecular formula is C14H8BrNO2. The van der Waals surface area contributed by atoms with Crippen LogP contribution in [0.15, 0.2) is 48.5 Å². The van der Waals surface area contributed by atoms with Crippen molar-refractivity contribution in [3.63, 3.8) is 0 Å². The van der Waals surface area contributed by atoms with Gasteiger partial charge in [0.25, 0.3) is 11.8 Å². The van der Waals surface area contributed by atoms with Crippen molar-refractivity contribution in [1.82, 2.24) is 3.93 Å². The van der Waals surface area contributed by atoms with Gasteiger partial charge in [0.1, 0.15) is 0 Å². The summed E-state index contributed by atoms with van der Waals surface area (Å²) >= 11 is 2.96. The average Bonchev–Trinajstić information content (AvgIpc) is 2.65. The number of carbonyl (C=O) groups is 2. The Morgan fingerprint density at radius 3 is 2.17 bits per heavy atom. The highest BCUT2D eigenvalue weighted by atomic mass is 79.9. The molecule has 0 bridgehead atoms. The first-order chi connectivity index (χ1) is 8.68. The summed E-state index contributed by atoms with van der Waals surface area (Å²) in [6.45, 7) is 0. The zero-order chi connectivity index (χ0) is 12.7. The lowest BCUT2D eigenvalue weighted by molar-refractivity contribution is 0.0785. The van der Waals surface area contributed by atoms with Crippen molar-refractivity contribution >= 4 is 28.0 Å². The van der Waals surface area contributed by atoms with Gasteiger partial charge in [-0.05, 0) is 23.3 Å². The molecule has 0 N–H and O–H groups in total. The van der Waals surface area contributed by atoms with Crippen molar-refractivity contribution in [1.29, 1.82) is 0 Å². The van der Waals surface area contributed by atoms with E-state index in [1.807, 2.05) is 36.4 Å². The van der Waals surface area contributed by atoms with Crippen LogP contribution < -0.4 is 0 Å². The highest BCUT2D eigenvalue weighted by Crippen LogP contribution is 2.29. The highest BCUT2D eigenvalue weighted by Gasteiger charge is 2.34. The Morgan fingerprint density at radius 2 is 1.44 bits per heavy atom. The Morgan fingerprint density at radius 1 is 0.778 bits per heavy atom. The zero-order valence-electron chi connectivity index (χ0n) is 9.26. The summed E-state index contributed by atoms with van der Waals surface area (Å²) in [5, 5.41) is 0. The standard InChI is InChI=1S/C14H8BrNO2/c15-16-13(17)11-7-6-10(8-12(11)14(16)18)9-4-2-1-3-5-9/h1-8H. The van der Waals surface area contributed by atoms with Crippen LogP contribution in [0.1, 0.15) is 20.7 Å². The van der Waals surface area contributed by atoms with E-state index in [1.165, 1.54) is 0 Å². The highest BCUT2D eigenvalue weighted by molar-refractivity contribution is 9.08. The van der Waals surface area contributed by atoms with Gasteiger partial charge in [0.05, 0.1) is 27.3 Å². The maximum Gasteiger partial charge on any atom is 0.271 e. The third kappa shape index (κ3) is 1.57. The fraction of sp³-hybridized carbons (Fsp3) is 0. The first kappa shape index (κ1) is 11.2. The van der Waals surface area contributed by atoms with Gasteiger partial charge in [0, 0.05) is 0 Å². The molecule has 4 heteroatoms. The number of carbonyl (C=O) groups excluding carboxylic acids is 2. The lowest BCUT2D eigenvalue weighted by Gasteiger charge is -2.02. The molecule has 3 nitrogen and oxygen atoms in total. The van der Waals surface area contributed by atoms with Crippen molar-refractivity contribution in [2.45, 2.75) is 0 Å². The van der Waals surface area contributed by atoms with Crippen molar-refractivity contribution in [3.8, 4) is 11.1 Å². The quantitative estimate of drug-likeness (QED) is 0.599. The SMILES string of the molecule is O=C1c2ccc(-c3ccccc3)cc2C(=O)N1Br. The fourth-order valence-electron chi connectivity index (χ4n) is 2.02. The van der Waals surface area contributed by atoms with E-state index >= 15 is 0 Å². The maximum absolute atomic E-state index is 11.8. The van der Waals surface area contributed by atoms with Gasteiger partial charge in [-0.1, -0.05) is 36.4 Å². The van der Waals surface area contributed by atoms with E-state index in [2.05, 4.69) is 16.1 Å². The van der Waals surface area contributed by atoms with Gasteiger partial charge >= 0.3 is 0 Å². The summed E-state index contributed by atoms with van der Waals surface area (Å²) in [5.74, 6) is -0.623. The van der Waals surface area contributed by atoms with Gasteiger partial charge in [-0.2, -0.15) is 0 Å². The van der Waals surface area contributed by atoms with Gasteiger partial charge in [-0.3, -0.25) is 9.59 Å². The van der Waals surface area contributed by atoms with Crippen LogP contribution >= 0.6 is 16.1 Å². The van der Waals surface area contributed by atoms with E-state index in [1.54, 1.807) is 12.1 Å². The van der Waals surface area contributed by atoms with Crippen molar-refractivity contribution in [3.05, 3.63) is 59.7 Å². The van der Waals surface area contributed by atoms with Crippen LogP contribution in [0, 0.1) is 0 Å². The first-order valence-corrected chi connectivity index (χ1v) is 6.13. The van der Waals surface area contributed by atoms with E-state index in [0.717, 1.165) is 15.1 Å². The Hall–Kier alpha value is -1.94. The van der Waals surface area contributed by atoms with Crippen LogP contribution in [-0.4, -0.2) is 15.7 Å². The summed E-state index contributed by atoms with van der Waals surface area (Å²) in [4.78, 5) is 23.6. The minimum atomic E-state index is -0.312. The molecule has 1 aliphatic rings. The number of nitrogens with zero attached hydrogens (tertiary/aromatic N) is 1. The average molecular weight is 302 g/mol. The molecule has 0 fully saturated rings. The number of hydrogen-bond donors (Lipinski definition) is 0. The second kappa shape index (κ2) is 4.07. The number of imide groups is 1. The second-order valence-corrected chi connectivity index (χ2v) is 4.73. The minimum Gasteiger partial charge on any atom is -0.268 e. The van der Waals surface area contributed by atoms with Crippen molar-refractivity contribution < 1.29 is 9.59 Å². The molecule has 0 saturated heterocycles. The van der Waals surface area contributed by atoms with Gasteiger partial charge in [0.2, 0.25) is 0 Å². The third-order valence-electron chi connectivity index (χ3n) is 2.94. The molecule has 0 atom stereocenters. The molecule has 18 heavy (non-hydrogen) atoms. The molecule has 0 aliphatic carbocycles. The lowest BCUT2D eigenvalue weighted by Crippen LogP contribution is -2.17. The van der Waals surface area contributed by atoms with Crippen LogP contribution in [0.3, 0.4) is 0 Å². The number of amides is 2. The van der Waals surface area contributed by atoms with Gasteiger partial charge in [0.15, 0.2) is 0 Å². The smallest absolute Gasteiger partial charge is 0.268 e. The molecular weight excluding hydrogens is 294 g/mol.